The van der Waals surface area contributed by atoms with Crippen molar-refractivity contribution in [1.29, 1.82) is 0 Å². The van der Waals surface area contributed by atoms with Gasteiger partial charge in [0.15, 0.2) is 0 Å². The van der Waals surface area contributed by atoms with Crippen molar-refractivity contribution in [3.63, 3.8) is 0 Å². The first-order chi connectivity index (χ1) is 12.0. The van der Waals surface area contributed by atoms with Crippen LogP contribution in [0, 0.1) is 0 Å². The lowest BCUT2D eigenvalue weighted by Crippen LogP contribution is -2.44. The summed E-state index contributed by atoms with van der Waals surface area (Å²) in [5, 5.41) is 0. The van der Waals surface area contributed by atoms with Crippen molar-refractivity contribution in [3.05, 3.63) is 83.9 Å². The van der Waals surface area contributed by atoms with Crippen LogP contribution in [0.5, 0.6) is 0 Å². The molecule has 0 heterocycles. The van der Waals surface area contributed by atoms with Gasteiger partial charge in [-0.05, 0) is 42.0 Å². The molecule has 0 N–H and O–H groups in total. The molecule has 0 fully saturated rings. The maximum Gasteiger partial charge on any atom is 0.0242 e. The fourth-order valence-corrected chi connectivity index (χ4v) is 3.09. The topological polar surface area (TPSA) is 3.24 Å². The summed E-state index contributed by atoms with van der Waals surface area (Å²) >= 11 is 0. The molecule has 25 heavy (non-hydrogen) atoms. The van der Waals surface area contributed by atoms with Gasteiger partial charge in [-0.15, -0.1) is 0 Å². The highest BCUT2D eigenvalue weighted by Gasteiger charge is 2.28. The average molecular weight is 334 g/mol. The Morgan fingerprint density at radius 1 is 0.760 bits per heavy atom. The van der Waals surface area contributed by atoms with Gasteiger partial charge in [0.1, 0.15) is 0 Å². The third-order valence-electron chi connectivity index (χ3n) is 5.46. The summed E-state index contributed by atoms with van der Waals surface area (Å²) in [6.45, 7) is 16.6. The lowest BCUT2D eigenvalue weighted by atomic mass is 9.91. The Labute approximate surface area is 153 Å². The molecule has 0 aliphatic carbocycles. The van der Waals surface area contributed by atoms with Crippen molar-refractivity contribution in [2.75, 3.05) is 0 Å². The van der Waals surface area contributed by atoms with Crippen molar-refractivity contribution < 1.29 is 0 Å². The summed E-state index contributed by atoms with van der Waals surface area (Å²) in [6.07, 6.45) is 6.06. The van der Waals surface area contributed by atoms with E-state index in [2.05, 4.69) is 87.4 Å². The molecule has 0 unspecified atom stereocenters. The van der Waals surface area contributed by atoms with E-state index in [4.69, 9.17) is 0 Å². The molecule has 132 valence electrons. The minimum absolute atomic E-state index is 0.189. The monoisotopic (exact) mass is 333 g/mol. The van der Waals surface area contributed by atoms with Crippen LogP contribution in [0.25, 0.3) is 12.2 Å². The van der Waals surface area contributed by atoms with E-state index in [-0.39, 0.29) is 5.54 Å². The Hall–Kier alpha value is -2.12. The average Bonchev–Trinajstić information content (AvgIpc) is 2.68. The highest BCUT2D eigenvalue weighted by atomic mass is 15.2. The maximum absolute atomic E-state index is 3.84. The van der Waals surface area contributed by atoms with Gasteiger partial charge >= 0.3 is 0 Å². The Morgan fingerprint density at radius 2 is 1.12 bits per heavy atom. The van der Waals surface area contributed by atoms with Crippen LogP contribution >= 0.6 is 0 Å². The molecule has 1 nitrogen and oxygen atoms in total. The van der Waals surface area contributed by atoms with Crippen LogP contribution in [0.4, 0.5) is 0 Å². The lowest BCUT2D eigenvalue weighted by molar-refractivity contribution is 0.0776. The second kappa shape index (κ2) is 8.82. The van der Waals surface area contributed by atoms with Gasteiger partial charge in [-0.25, -0.2) is 0 Å². The van der Waals surface area contributed by atoms with Gasteiger partial charge in [0, 0.05) is 18.6 Å². The van der Waals surface area contributed by atoms with Crippen LogP contribution in [0.1, 0.15) is 55.9 Å². The molecule has 0 saturated heterocycles. The smallest absolute Gasteiger partial charge is 0.0242 e. The third kappa shape index (κ3) is 4.93. The van der Waals surface area contributed by atoms with E-state index >= 15 is 0 Å². The standard InChI is InChI=1S/C24H31N/c1-6-20-10-14-22(15-11-20)18-25(24(5,8-3)9-4)19-23-16-12-21(7-2)13-17-23/h6-7,10-17H,1-2,8-9,18-19H2,3-5H3. The van der Waals surface area contributed by atoms with E-state index in [1.807, 2.05) is 12.2 Å². The zero-order valence-corrected chi connectivity index (χ0v) is 16.0. The molecule has 0 bridgehead atoms. The van der Waals surface area contributed by atoms with Gasteiger partial charge in [0.05, 0.1) is 0 Å². The van der Waals surface area contributed by atoms with Crippen molar-refractivity contribution in [2.45, 2.75) is 52.2 Å². The van der Waals surface area contributed by atoms with E-state index in [0.29, 0.717) is 0 Å². The summed E-state index contributed by atoms with van der Waals surface area (Å²) < 4.78 is 0. The summed E-state index contributed by atoms with van der Waals surface area (Å²) in [5.74, 6) is 0. The quantitative estimate of drug-likeness (QED) is 0.502. The second-order valence-corrected chi connectivity index (χ2v) is 6.95. The Morgan fingerprint density at radius 3 is 1.40 bits per heavy atom. The molecule has 0 saturated carbocycles. The fourth-order valence-electron chi connectivity index (χ4n) is 3.09. The number of nitrogens with zero attached hydrogens (tertiary/aromatic N) is 1. The molecule has 0 aromatic heterocycles. The molecule has 0 aliphatic rings. The second-order valence-electron chi connectivity index (χ2n) is 6.95. The molecule has 0 radical (unpaired) electrons. The molecule has 0 amide bonds. The first-order valence-corrected chi connectivity index (χ1v) is 9.22. The van der Waals surface area contributed by atoms with Gasteiger partial charge < -0.3 is 0 Å². The van der Waals surface area contributed by atoms with Gasteiger partial charge in [-0.3, -0.25) is 4.90 Å². The zero-order valence-electron chi connectivity index (χ0n) is 16.0. The van der Waals surface area contributed by atoms with Gasteiger partial charge in [-0.2, -0.15) is 0 Å². The molecule has 2 aromatic carbocycles. The fraction of sp³-hybridized carbons (Fsp3) is 0.333. The third-order valence-corrected chi connectivity index (χ3v) is 5.46. The SMILES string of the molecule is C=Cc1ccc(CN(Cc2ccc(C=C)cc2)C(C)(CC)CC)cc1. The maximum atomic E-state index is 3.84. The number of hydrogen-bond donors (Lipinski definition) is 0. The van der Waals surface area contributed by atoms with Gasteiger partial charge in [0.25, 0.3) is 0 Å². The molecular formula is C24H31N. The lowest BCUT2D eigenvalue weighted by Gasteiger charge is -2.41. The number of hydrogen-bond acceptors (Lipinski definition) is 1. The highest BCUT2D eigenvalue weighted by Crippen LogP contribution is 2.28. The first kappa shape index (κ1) is 19.2. The first-order valence-electron chi connectivity index (χ1n) is 9.22. The molecule has 0 spiro atoms. The van der Waals surface area contributed by atoms with Crippen LogP contribution in [-0.4, -0.2) is 10.4 Å². The highest BCUT2D eigenvalue weighted by molar-refractivity contribution is 5.48. The van der Waals surface area contributed by atoms with Gasteiger partial charge in [0.2, 0.25) is 0 Å². The van der Waals surface area contributed by atoms with E-state index in [1.165, 1.54) is 22.3 Å². The zero-order chi connectivity index (χ0) is 18.3. The summed E-state index contributed by atoms with van der Waals surface area (Å²) in [7, 11) is 0. The minimum Gasteiger partial charge on any atom is -0.289 e. The van der Waals surface area contributed by atoms with Crippen molar-refractivity contribution in [1.82, 2.24) is 4.90 Å². The van der Waals surface area contributed by atoms with Crippen molar-refractivity contribution >= 4 is 12.2 Å². The van der Waals surface area contributed by atoms with Crippen molar-refractivity contribution in [2.24, 2.45) is 0 Å². The molecule has 0 aliphatic heterocycles. The molecule has 1 heteroatoms. The van der Waals surface area contributed by atoms with Crippen LogP contribution in [0.15, 0.2) is 61.7 Å². The number of benzene rings is 2. The summed E-state index contributed by atoms with van der Waals surface area (Å²) in [5.41, 5.74) is 5.23. The summed E-state index contributed by atoms with van der Waals surface area (Å²) in [4.78, 5) is 2.61. The molecule has 2 rings (SSSR count). The molecule has 2 aromatic rings. The van der Waals surface area contributed by atoms with E-state index in [1.54, 1.807) is 0 Å². The van der Waals surface area contributed by atoms with Crippen molar-refractivity contribution in [3.8, 4) is 0 Å². The van der Waals surface area contributed by atoms with Crippen LogP contribution in [-0.2, 0) is 13.1 Å². The van der Waals surface area contributed by atoms with E-state index in [9.17, 15) is 0 Å². The number of rotatable bonds is 9. The van der Waals surface area contributed by atoms with Crippen LogP contribution in [0.2, 0.25) is 0 Å². The Kier molecular flexibility index (Phi) is 6.78. The van der Waals surface area contributed by atoms with Crippen LogP contribution in [0.3, 0.4) is 0 Å². The molecular weight excluding hydrogens is 302 g/mol. The van der Waals surface area contributed by atoms with Gasteiger partial charge in [-0.1, -0.05) is 87.7 Å². The summed E-state index contributed by atoms with van der Waals surface area (Å²) in [6, 6.07) is 17.5. The predicted octanol–water partition coefficient (Wildman–Crippen LogP) is 6.55. The Bertz CT molecular complexity index is 622. The largest absolute Gasteiger partial charge is 0.289 e. The van der Waals surface area contributed by atoms with Crippen LogP contribution < -0.4 is 0 Å². The molecule has 0 atom stereocenters. The Balaban J connectivity index is 2.24. The minimum atomic E-state index is 0.189. The van der Waals surface area contributed by atoms with E-state index in [0.717, 1.165) is 25.9 Å². The predicted molar refractivity (Wildman–Crippen MR) is 111 cm³/mol. The van der Waals surface area contributed by atoms with E-state index < -0.39 is 0 Å². The normalized spacial score (nSPS) is 11.5.